The van der Waals surface area contributed by atoms with E-state index < -0.39 is 0 Å². The number of ether oxygens (including phenoxy) is 1. The molecule has 6 nitrogen and oxygen atoms in total. The number of imidazole rings is 1. The minimum Gasteiger partial charge on any atom is -0.378 e. The average molecular weight is 328 g/mol. The van der Waals surface area contributed by atoms with E-state index in [9.17, 15) is 4.79 Å². The van der Waals surface area contributed by atoms with E-state index in [0.29, 0.717) is 31.1 Å². The molecular formula is C18H24N4O2. The van der Waals surface area contributed by atoms with Crippen LogP contribution in [0, 0.1) is 6.92 Å². The molecule has 0 atom stereocenters. The van der Waals surface area contributed by atoms with Gasteiger partial charge in [-0.05, 0) is 57.6 Å². The lowest BCUT2D eigenvalue weighted by atomic mass is 9.93. The van der Waals surface area contributed by atoms with E-state index in [1.807, 2.05) is 19.1 Å². The van der Waals surface area contributed by atoms with Crippen molar-refractivity contribution < 1.29 is 9.53 Å². The first-order valence-corrected chi connectivity index (χ1v) is 8.98. The van der Waals surface area contributed by atoms with Crippen molar-refractivity contribution >= 4 is 23.0 Å². The van der Waals surface area contributed by atoms with Crippen LogP contribution in [0.3, 0.4) is 0 Å². The van der Waals surface area contributed by atoms with Gasteiger partial charge in [0.15, 0.2) is 5.65 Å². The standard InChI is InChI=1S/C18H24N4O2/c1-12-8-9-15-17(19-12)22(13-4-2-5-13)18(20-15)21-16(23)10-11-24-14-6-3-7-14/h8-9,13-14H,2-7,10-11H2,1H3,(H,20,21,23). The molecule has 0 spiro atoms. The topological polar surface area (TPSA) is 69.0 Å². The first-order valence-electron chi connectivity index (χ1n) is 8.98. The molecule has 0 saturated heterocycles. The number of carbonyl (C=O) groups is 1. The van der Waals surface area contributed by atoms with E-state index in [0.717, 1.165) is 42.5 Å². The van der Waals surface area contributed by atoms with Gasteiger partial charge in [0.25, 0.3) is 0 Å². The van der Waals surface area contributed by atoms with Crippen molar-refractivity contribution in [2.24, 2.45) is 0 Å². The van der Waals surface area contributed by atoms with Crippen molar-refractivity contribution in [1.82, 2.24) is 14.5 Å². The Labute approximate surface area is 141 Å². The molecule has 1 amide bonds. The van der Waals surface area contributed by atoms with Crippen LogP contribution >= 0.6 is 0 Å². The van der Waals surface area contributed by atoms with E-state index in [-0.39, 0.29) is 5.91 Å². The Morgan fingerprint density at radius 1 is 1.25 bits per heavy atom. The highest BCUT2D eigenvalue weighted by Crippen LogP contribution is 2.36. The zero-order valence-corrected chi connectivity index (χ0v) is 14.1. The Bertz CT molecular complexity index is 747. The zero-order valence-electron chi connectivity index (χ0n) is 14.1. The Morgan fingerprint density at radius 2 is 2.04 bits per heavy atom. The van der Waals surface area contributed by atoms with Crippen LogP contribution in [-0.4, -0.2) is 33.2 Å². The lowest BCUT2D eigenvalue weighted by molar-refractivity contribution is -0.118. The molecule has 0 radical (unpaired) electrons. The van der Waals surface area contributed by atoms with Crippen LogP contribution in [0.25, 0.3) is 11.2 Å². The summed E-state index contributed by atoms with van der Waals surface area (Å²) in [6, 6.07) is 4.33. The zero-order chi connectivity index (χ0) is 16.5. The van der Waals surface area contributed by atoms with E-state index in [1.54, 1.807) is 0 Å². The second kappa shape index (κ2) is 6.51. The molecule has 4 rings (SSSR count). The SMILES string of the molecule is Cc1ccc2nc(NC(=O)CCOC3CCC3)n(C3CCC3)c2n1. The maximum absolute atomic E-state index is 12.3. The molecule has 0 bridgehead atoms. The number of carbonyl (C=O) groups excluding carboxylic acids is 1. The predicted molar refractivity (Wildman–Crippen MR) is 92.0 cm³/mol. The lowest BCUT2D eigenvalue weighted by Crippen LogP contribution is -2.25. The van der Waals surface area contributed by atoms with E-state index in [2.05, 4.69) is 19.9 Å². The number of pyridine rings is 1. The monoisotopic (exact) mass is 328 g/mol. The minimum absolute atomic E-state index is 0.0399. The van der Waals surface area contributed by atoms with Crippen molar-refractivity contribution in [3.05, 3.63) is 17.8 Å². The van der Waals surface area contributed by atoms with Crippen LogP contribution < -0.4 is 5.32 Å². The summed E-state index contributed by atoms with van der Waals surface area (Å²) in [5, 5.41) is 2.97. The summed E-state index contributed by atoms with van der Waals surface area (Å²) in [6.45, 7) is 2.46. The van der Waals surface area contributed by atoms with Gasteiger partial charge in [-0.15, -0.1) is 0 Å². The number of anilines is 1. The number of rotatable bonds is 6. The Hall–Kier alpha value is -1.95. The highest BCUT2D eigenvalue weighted by atomic mass is 16.5. The second-order valence-corrected chi connectivity index (χ2v) is 6.91. The number of fused-ring (bicyclic) bond motifs is 1. The third kappa shape index (κ3) is 3.02. The molecule has 24 heavy (non-hydrogen) atoms. The van der Waals surface area contributed by atoms with Crippen LogP contribution in [-0.2, 0) is 9.53 Å². The van der Waals surface area contributed by atoms with Gasteiger partial charge in [0.1, 0.15) is 5.52 Å². The van der Waals surface area contributed by atoms with Crippen molar-refractivity contribution in [1.29, 1.82) is 0 Å². The third-order valence-electron chi connectivity index (χ3n) is 5.10. The molecule has 6 heteroatoms. The average Bonchev–Trinajstić information content (AvgIpc) is 2.78. The number of hydrogen-bond donors (Lipinski definition) is 1. The summed E-state index contributed by atoms with van der Waals surface area (Å²) >= 11 is 0. The quantitative estimate of drug-likeness (QED) is 0.883. The smallest absolute Gasteiger partial charge is 0.229 e. The van der Waals surface area contributed by atoms with Crippen molar-refractivity contribution in [2.45, 2.75) is 64.0 Å². The number of aryl methyl sites for hydroxylation is 1. The second-order valence-electron chi connectivity index (χ2n) is 6.91. The van der Waals surface area contributed by atoms with Gasteiger partial charge in [-0.1, -0.05) is 0 Å². The summed E-state index contributed by atoms with van der Waals surface area (Å²) in [6.07, 6.45) is 7.70. The highest BCUT2D eigenvalue weighted by molar-refractivity contribution is 5.91. The van der Waals surface area contributed by atoms with Crippen molar-refractivity contribution in [3.63, 3.8) is 0 Å². The molecule has 2 aliphatic carbocycles. The van der Waals surface area contributed by atoms with E-state index >= 15 is 0 Å². The van der Waals surface area contributed by atoms with Crippen LogP contribution in [0.1, 0.15) is 56.7 Å². The molecule has 2 aliphatic rings. The maximum Gasteiger partial charge on any atom is 0.229 e. The summed E-state index contributed by atoms with van der Waals surface area (Å²) < 4.78 is 7.78. The maximum atomic E-state index is 12.3. The van der Waals surface area contributed by atoms with Gasteiger partial charge >= 0.3 is 0 Å². The molecule has 0 aromatic carbocycles. The molecule has 1 N–H and O–H groups in total. The molecule has 128 valence electrons. The number of amides is 1. The van der Waals surface area contributed by atoms with Crippen LogP contribution in [0.2, 0.25) is 0 Å². The van der Waals surface area contributed by atoms with Gasteiger partial charge in [-0.25, -0.2) is 9.97 Å². The molecule has 2 fully saturated rings. The molecule has 0 aliphatic heterocycles. The molecule has 0 unspecified atom stereocenters. The summed E-state index contributed by atoms with van der Waals surface area (Å²) in [5.41, 5.74) is 2.68. The largest absolute Gasteiger partial charge is 0.378 e. The van der Waals surface area contributed by atoms with Crippen LogP contribution in [0.15, 0.2) is 12.1 Å². The van der Waals surface area contributed by atoms with Crippen LogP contribution in [0.5, 0.6) is 0 Å². The highest BCUT2D eigenvalue weighted by Gasteiger charge is 2.26. The normalized spacial score (nSPS) is 18.4. The van der Waals surface area contributed by atoms with Gasteiger partial charge in [0, 0.05) is 11.7 Å². The summed E-state index contributed by atoms with van der Waals surface area (Å²) in [7, 11) is 0. The first-order chi connectivity index (χ1) is 11.7. The lowest BCUT2D eigenvalue weighted by Gasteiger charge is -2.28. The number of nitrogens with one attached hydrogen (secondary N) is 1. The van der Waals surface area contributed by atoms with Gasteiger partial charge in [0.2, 0.25) is 11.9 Å². The van der Waals surface area contributed by atoms with Gasteiger partial charge in [-0.3, -0.25) is 14.7 Å². The third-order valence-corrected chi connectivity index (χ3v) is 5.10. The first kappa shape index (κ1) is 15.6. The molecule has 2 saturated carbocycles. The van der Waals surface area contributed by atoms with Gasteiger partial charge in [0.05, 0.1) is 19.1 Å². The number of hydrogen-bond acceptors (Lipinski definition) is 4. The van der Waals surface area contributed by atoms with E-state index in [4.69, 9.17) is 4.74 Å². The number of nitrogens with zero attached hydrogens (tertiary/aromatic N) is 3. The Kier molecular flexibility index (Phi) is 4.22. The molecule has 2 aromatic rings. The summed E-state index contributed by atoms with van der Waals surface area (Å²) in [4.78, 5) is 21.5. The molecule has 2 heterocycles. The van der Waals surface area contributed by atoms with Crippen molar-refractivity contribution in [2.75, 3.05) is 11.9 Å². The number of aromatic nitrogens is 3. The fourth-order valence-corrected chi connectivity index (χ4v) is 3.19. The van der Waals surface area contributed by atoms with Crippen molar-refractivity contribution in [3.8, 4) is 0 Å². The molecular weight excluding hydrogens is 304 g/mol. The predicted octanol–water partition coefficient (Wildman–Crippen LogP) is 3.36. The Balaban J connectivity index is 1.48. The van der Waals surface area contributed by atoms with Gasteiger partial charge < -0.3 is 4.74 Å². The minimum atomic E-state index is -0.0399. The van der Waals surface area contributed by atoms with Gasteiger partial charge in [-0.2, -0.15) is 0 Å². The molecule has 2 aromatic heterocycles. The fourth-order valence-electron chi connectivity index (χ4n) is 3.19. The Morgan fingerprint density at radius 3 is 2.71 bits per heavy atom. The van der Waals surface area contributed by atoms with Crippen LogP contribution in [0.4, 0.5) is 5.95 Å². The fraction of sp³-hybridized carbons (Fsp3) is 0.611. The van der Waals surface area contributed by atoms with E-state index in [1.165, 1.54) is 12.8 Å². The summed E-state index contributed by atoms with van der Waals surface area (Å²) in [5.74, 6) is 0.586.